The minimum atomic E-state index is -0.424. The average Bonchev–Trinajstić information content (AvgIpc) is 2.74. The second-order valence-corrected chi connectivity index (χ2v) is 7.80. The number of nitrogens with zero attached hydrogens (tertiary/aromatic N) is 2. The SMILES string of the molecule is Cc1ccc(NC(=O)Nc2cccc(OCc3cc(=O)n4ccc(C)cc4n3)c2)c(Cl)c1. The van der Waals surface area contributed by atoms with Gasteiger partial charge in [0.25, 0.3) is 5.56 Å². The molecule has 0 aliphatic carbocycles. The third-order valence-electron chi connectivity index (χ3n) is 4.73. The Morgan fingerprint density at radius 3 is 2.66 bits per heavy atom. The number of anilines is 2. The Kier molecular flexibility index (Phi) is 6.09. The Labute approximate surface area is 189 Å². The normalized spacial score (nSPS) is 10.7. The fourth-order valence-electron chi connectivity index (χ4n) is 3.15. The molecule has 0 fully saturated rings. The van der Waals surface area contributed by atoms with Gasteiger partial charge in [-0.05, 0) is 61.4 Å². The number of halogens is 1. The number of benzene rings is 2. The van der Waals surface area contributed by atoms with Crippen molar-refractivity contribution < 1.29 is 9.53 Å². The number of aryl methyl sites for hydroxylation is 2. The highest BCUT2D eigenvalue weighted by atomic mass is 35.5. The quantitative estimate of drug-likeness (QED) is 0.440. The van der Waals surface area contributed by atoms with Crippen LogP contribution >= 0.6 is 11.6 Å². The fraction of sp³-hybridized carbons (Fsp3) is 0.125. The highest BCUT2D eigenvalue weighted by molar-refractivity contribution is 6.33. The third kappa shape index (κ3) is 5.07. The van der Waals surface area contributed by atoms with Gasteiger partial charge in [-0.1, -0.05) is 23.7 Å². The fourth-order valence-corrected chi connectivity index (χ4v) is 3.44. The summed E-state index contributed by atoms with van der Waals surface area (Å²) in [7, 11) is 0. The van der Waals surface area contributed by atoms with Crippen LogP contribution in [0.4, 0.5) is 16.2 Å². The predicted molar refractivity (Wildman–Crippen MR) is 126 cm³/mol. The Balaban J connectivity index is 1.42. The van der Waals surface area contributed by atoms with Gasteiger partial charge in [-0.15, -0.1) is 0 Å². The molecule has 0 saturated heterocycles. The van der Waals surface area contributed by atoms with Crippen LogP contribution in [0.25, 0.3) is 5.65 Å². The molecule has 162 valence electrons. The number of nitrogens with one attached hydrogen (secondary N) is 2. The van der Waals surface area contributed by atoms with Gasteiger partial charge in [0.2, 0.25) is 0 Å². The number of hydrogen-bond acceptors (Lipinski definition) is 4. The summed E-state index contributed by atoms with van der Waals surface area (Å²) in [6.45, 7) is 3.98. The van der Waals surface area contributed by atoms with E-state index in [0.717, 1.165) is 11.1 Å². The highest BCUT2D eigenvalue weighted by Crippen LogP contribution is 2.23. The molecule has 4 rings (SSSR count). The molecule has 2 heterocycles. The molecule has 8 heteroatoms. The molecule has 0 aliphatic rings. The lowest BCUT2D eigenvalue weighted by molar-refractivity contribution is 0.262. The van der Waals surface area contributed by atoms with Crippen LogP contribution in [-0.2, 0) is 6.61 Å². The monoisotopic (exact) mass is 448 g/mol. The van der Waals surface area contributed by atoms with E-state index < -0.39 is 6.03 Å². The Hall–Kier alpha value is -3.84. The summed E-state index contributed by atoms with van der Waals surface area (Å²) in [5.74, 6) is 0.530. The van der Waals surface area contributed by atoms with Crippen molar-refractivity contribution in [1.82, 2.24) is 9.38 Å². The number of urea groups is 1. The van der Waals surface area contributed by atoms with Crippen molar-refractivity contribution in [3.63, 3.8) is 0 Å². The summed E-state index contributed by atoms with van der Waals surface area (Å²) < 4.78 is 7.28. The van der Waals surface area contributed by atoms with E-state index in [2.05, 4.69) is 15.6 Å². The second-order valence-electron chi connectivity index (χ2n) is 7.40. The number of pyridine rings is 1. The lowest BCUT2D eigenvalue weighted by atomic mass is 10.2. The number of hydrogen-bond donors (Lipinski definition) is 2. The average molecular weight is 449 g/mol. The summed E-state index contributed by atoms with van der Waals surface area (Å²) in [6, 6.07) is 17.1. The van der Waals surface area contributed by atoms with E-state index >= 15 is 0 Å². The van der Waals surface area contributed by atoms with Gasteiger partial charge < -0.3 is 15.4 Å². The van der Waals surface area contributed by atoms with E-state index in [9.17, 15) is 9.59 Å². The zero-order valence-electron chi connectivity index (χ0n) is 17.6. The van der Waals surface area contributed by atoms with Crippen molar-refractivity contribution >= 4 is 34.7 Å². The predicted octanol–water partition coefficient (Wildman–Crippen LogP) is 5.19. The standard InChI is InChI=1S/C24H21ClN4O3/c1-15-6-7-21(20(25)10-15)28-24(31)27-17-4-3-5-19(12-17)32-14-18-13-23(30)29-9-8-16(2)11-22(29)26-18/h3-13H,14H2,1-2H3,(H2,27,28,31). The molecule has 2 aromatic heterocycles. The van der Waals surface area contributed by atoms with Crippen LogP contribution in [0.2, 0.25) is 5.02 Å². The Bertz CT molecular complexity index is 1370. The minimum absolute atomic E-state index is 0.119. The van der Waals surface area contributed by atoms with Gasteiger partial charge in [-0.3, -0.25) is 9.20 Å². The van der Waals surface area contributed by atoms with Crippen LogP contribution in [-0.4, -0.2) is 15.4 Å². The minimum Gasteiger partial charge on any atom is -0.487 e. The maximum atomic E-state index is 12.3. The van der Waals surface area contributed by atoms with Gasteiger partial charge in [0.15, 0.2) is 0 Å². The van der Waals surface area contributed by atoms with Crippen molar-refractivity contribution in [2.45, 2.75) is 20.5 Å². The van der Waals surface area contributed by atoms with Gasteiger partial charge >= 0.3 is 6.03 Å². The maximum Gasteiger partial charge on any atom is 0.323 e. The van der Waals surface area contributed by atoms with E-state index in [-0.39, 0.29) is 12.2 Å². The molecule has 2 amide bonds. The number of carbonyl (C=O) groups excluding carboxylic acids is 1. The number of carbonyl (C=O) groups is 1. The first-order valence-corrected chi connectivity index (χ1v) is 10.3. The van der Waals surface area contributed by atoms with Gasteiger partial charge in [0, 0.05) is 24.0 Å². The Morgan fingerprint density at radius 2 is 1.84 bits per heavy atom. The molecule has 4 aromatic rings. The molecular weight excluding hydrogens is 428 g/mol. The summed E-state index contributed by atoms with van der Waals surface area (Å²) in [4.78, 5) is 29.1. The Morgan fingerprint density at radius 1 is 1.03 bits per heavy atom. The van der Waals surface area contributed by atoms with Gasteiger partial charge in [0.05, 0.1) is 16.4 Å². The topological polar surface area (TPSA) is 84.7 Å². The van der Waals surface area contributed by atoms with E-state index in [1.54, 1.807) is 42.6 Å². The van der Waals surface area contributed by atoms with Crippen LogP contribution in [0.3, 0.4) is 0 Å². The zero-order valence-corrected chi connectivity index (χ0v) is 18.3. The number of aromatic nitrogens is 2. The molecule has 32 heavy (non-hydrogen) atoms. The van der Waals surface area contributed by atoms with Crippen molar-refractivity contribution in [3.8, 4) is 5.75 Å². The van der Waals surface area contributed by atoms with Gasteiger partial charge in [-0.25, -0.2) is 9.78 Å². The molecule has 0 radical (unpaired) electrons. The summed E-state index contributed by atoms with van der Waals surface area (Å²) >= 11 is 6.17. The van der Waals surface area contributed by atoms with Crippen LogP contribution < -0.4 is 20.9 Å². The van der Waals surface area contributed by atoms with Crippen molar-refractivity contribution in [1.29, 1.82) is 0 Å². The first-order valence-electron chi connectivity index (χ1n) is 9.93. The first-order chi connectivity index (χ1) is 15.4. The molecule has 2 aromatic carbocycles. The molecular formula is C24H21ClN4O3. The molecule has 0 saturated carbocycles. The third-order valence-corrected chi connectivity index (χ3v) is 5.04. The van der Waals surface area contributed by atoms with Gasteiger partial charge in [0.1, 0.15) is 18.0 Å². The first kappa shape index (κ1) is 21.4. The van der Waals surface area contributed by atoms with E-state index in [1.807, 2.05) is 32.0 Å². The van der Waals surface area contributed by atoms with Crippen LogP contribution in [0.15, 0.2) is 71.7 Å². The molecule has 2 N–H and O–H groups in total. The molecule has 0 spiro atoms. The lowest BCUT2D eigenvalue weighted by Crippen LogP contribution is -2.19. The maximum absolute atomic E-state index is 12.3. The molecule has 0 unspecified atom stereocenters. The summed E-state index contributed by atoms with van der Waals surface area (Å²) in [6.07, 6.45) is 1.70. The molecule has 0 bridgehead atoms. The summed E-state index contributed by atoms with van der Waals surface area (Å²) in [5, 5.41) is 5.94. The van der Waals surface area contributed by atoms with Crippen molar-refractivity contribution in [3.05, 3.63) is 99.1 Å². The van der Waals surface area contributed by atoms with Crippen LogP contribution in [0.5, 0.6) is 5.75 Å². The largest absolute Gasteiger partial charge is 0.487 e. The van der Waals surface area contributed by atoms with Gasteiger partial charge in [-0.2, -0.15) is 0 Å². The van der Waals surface area contributed by atoms with E-state index in [4.69, 9.17) is 16.3 Å². The molecule has 7 nitrogen and oxygen atoms in total. The number of rotatable bonds is 5. The number of ether oxygens (including phenoxy) is 1. The van der Waals surface area contributed by atoms with Crippen molar-refractivity contribution in [2.75, 3.05) is 10.6 Å². The lowest BCUT2D eigenvalue weighted by Gasteiger charge is -2.11. The zero-order chi connectivity index (χ0) is 22.7. The molecule has 0 aliphatic heterocycles. The van der Waals surface area contributed by atoms with E-state index in [0.29, 0.717) is 33.5 Å². The second kappa shape index (κ2) is 9.11. The smallest absolute Gasteiger partial charge is 0.323 e. The summed E-state index contributed by atoms with van der Waals surface area (Å²) in [5.41, 5.74) is 4.00. The molecule has 0 atom stereocenters. The van der Waals surface area contributed by atoms with Crippen molar-refractivity contribution in [2.24, 2.45) is 0 Å². The van der Waals surface area contributed by atoms with Crippen LogP contribution in [0, 0.1) is 13.8 Å². The highest BCUT2D eigenvalue weighted by Gasteiger charge is 2.08. The number of fused-ring (bicyclic) bond motifs is 1. The van der Waals surface area contributed by atoms with E-state index in [1.165, 1.54) is 10.5 Å². The number of amides is 2. The van der Waals surface area contributed by atoms with Crippen LogP contribution in [0.1, 0.15) is 16.8 Å².